The lowest BCUT2D eigenvalue weighted by Gasteiger charge is -2.35. The van der Waals surface area contributed by atoms with Gasteiger partial charge in [0.15, 0.2) is 0 Å². The molecule has 144 valence electrons. The van der Waals surface area contributed by atoms with Gasteiger partial charge in [0.1, 0.15) is 0 Å². The summed E-state index contributed by atoms with van der Waals surface area (Å²) in [4.78, 5) is 28.3. The third kappa shape index (κ3) is 6.24. The third-order valence-electron chi connectivity index (χ3n) is 4.60. The molecule has 1 aliphatic rings. The molecule has 1 saturated heterocycles. The van der Waals surface area contributed by atoms with Crippen molar-refractivity contribution >= 4 is 29.7 Å². The van der Waals surface area contributed by atoms with Gasteiger partial charge in [0.05, 0.1) is 12.0 Å². The van der Waals surface area contributed by atoms with E-state index in [0.717, 1.165) is 43.7 Å². The second kappa shape index (κ2) is 11.1. The summed E-state index contributed by atoms with van der Waals surface area (Å²) in [5.41, 5.74) is 0.925. The number of para-hydroxylation sites is 1. The van der Waals surface area contributed by atoms with Crippen molar-refractivity contribution in [1.29, 1.82) is 0 Å². The number of hydrogen-bond acceptors (Lipinski definition) is 4. The number of nitrogens with zero attached hydrogens (tertiary/aromatic N) is 2. The molecule has 1 atom stereocenters. The maximum absolute atomic E-state index is 12.4. The fourth-order valence-electron chi connectivity index (χ4n) is 3.14. The van der Waals surface area contributed by atoms with E-state index in [1.54, 1.807) is 4.90 Å². The molecule has 6 heteroatoms. The highest BCUT2D eigenvalue weighted by Crippen LogP contribution is 2.23. The van der Waals surface area contributed by atoms with Crippen LogP contribution in [0.3, 0.4) is 0 Å². The predicted molar refractivity (Wildman–Crippen MR) is 107 cm³/mol. The number of amides is 2. The molecule has 1 heterocycles. The number of carbonyl (C=O) groups excluding carboxylic acids is 2. The van der Waals surface area contributed by atoms with E-state index in [2.05, 4.69) is 6.92 Å². The van der Waals surface area contributed by atoms with Crippen LogP contribution in [0.4, 0.5) is 10.5 Å². The SMILES string of the molecule is CCCCSOC(=O)N1CCC[C@H](CN(C(=O)CC)c2ccccc2)C1. The van der Waals surface area contributed by atoms with Gasteiger partial charge in [0.25, 0.3) is 0 Å². The first-order chi connectivity index (χ1) is 12.7. The van der Waals surface area contributed by atoms with Crippen molar-refractivity contribution < 1.29 is 13.8 Å². The maximum atomic E-state index is 12.4. The molecule has 0 saturated carbocycles. The highest BCUT2D eigenvalue weighted by atomic mass is 32.2. The van der Waals surface area contributed by atoms with E-state index in [1.165, 1.54) is 12.0 Å². The topological polar surface area (TPSA) is 49.9 Å². The van der Waals surface area contributed by atoms with Crippen molar-refractivity contribution in [1.82, 2.24) is 4.90 Å². The van der Waals surface area contributed by atoms with Gasteiger partial charge in [-0.3, -0.25) is 4.79 Å². The van der Waals surface area contributed by atoms with Crippen molar-refractivity contribution in [3.63, 3.8) is 0 Å². The molecule has 1 fully saturated rings. The van der Waals surface area contributed by atoms with Gasteiger partial charge >= 0.3 is 6.09 Å². The van der Waals surface area contributed by atoms with Crippen LogP contribution in [0.1, 0.15) is 46.0 Å². The Kier molecular flexibility index (Phi) is 8.81. The molecule has 0 bridgehead atoms. The molecule has 1 aromatic carbocycles. The van der Waals surface area contributed by atoms with Crippen LogP contribution >= 0.6 is 12.0 Å². The van der Waals surface area contributed by atoms with E-state index in [0.29, 0.717) is 19.5 Å². The summed E-state index contributed by atoms with van der Waals surface area (Å²) in [7, 11) is 0. The Balaban J connectivity index is 1.92. The van der Waals surface area contributed by atoms with Crippen molar-refractivity contribution in [3.8, 4) is 0 Å². The lowest BCUT2D eigenvalue weighted by atomic mass is 9.97. The van der Waals surface area contributed by atoms with Gasteiger partial charge in [0.2, 0.25) is 5.91 Å². The number of carbonyl (C=O) groups is 2. The van der Waals surface area contributed by atoms with Crippen LogP contribution in [0.5, 0.6) is 0 Å². The Labute approximate surface area is 161 Å². The van der Waals surface area contributed by atoms with Crippen molar-refractivity contribution in [2.24, 2.45) is 5.92 Å². The van der Waals surface area contributed by atoms with Gasteiger partial charge in [-0.25, -0.2) is 4.79 Å². The molecule has 0 N–H and O–H groups in total. The molecule has 5 nitrogen and oxygen atoms in total. The van der Waals surface area contributed by atoms with Gasteiger partial charge in [-0.1, -0.05) is 38.5 Å². The summed E-state index contributed by atoms with van der Waals surface area (Å²) < 4.78 is 5.31. The van der Waals surface area contributed by atoms with Crippen LogP contribution in [0.15, 0.2) is 30.3 Å². The number of anilines is 1. The Morgan fingerprint density at radius 3 is 2.73 bits per heavy atom. The maximum Gasteiger partial charge on any atom is 0.421 e. The normalized spacial score (nSPS) is 17.0. The first kappa shape index (κ1) is 20.6. The van der Waals surface area contributed by atoms with Gasteiger partial charge in [-0.05, 0) is 37.3 Å². The average Bonchev–Trinajstić information content (AvgIpc) is 2.69. The molecule has 0 aromatic heterocycles. The summed E-state index contributed by atoms with van der Waals surface area (Å²) >= 11 is 1.24. The zero-order valence-corrected chi connectivity index (χ0v) is 16.7. The molecule has 2 rings (SSSR count). The summed E-state index contributed by atoms with van der Waals surface area (Å²) in [5.74, 6) is 1.23. The van der Waals surface area contributed by atoms with Gasteiger partial charge in [-0.15, -0.1) is 0 Å². The molecular formula is C20H30N2O3S. The Hall–Kier alpha value is -1.69. The fraction of sp³-hybridized carbons (Fsp3) is 0.600. The fourth-order valence-corrected chi connectivity index (χ4v) is 3.83. The number of unbranched alkanes of at least 4 members (excludes halogenated alkanes) is 1. The van der Waals surface area contributed by atoms with Crippen molar-refractivity contribution in [2.75, 3.05) is 30.3 Å². The zero-order chi connectivity index (χ0) is 18.8. The molecular weight excluding hydrogens is 348 g/mol. The lowest BCUT2D eigenvalue weighted by molar-refractivity contribution is -0.118. The van der Waals surface area contributed by atoms with E-state index in [4.69, 9.17) is 4.18 Å². The number of hydrogen-bond donors (Lipinski definition) is 0. The quantitative estimate of drug-likeness (QED) is 0.485. The Morgan fingerprint density at radius 1 is 1.27 bits per heavy atom. The second-order valence-corrected chi connectivity index (χ2v) is 7.48. The molecule has 0 radical (unpaired) electrons. The van der Waals surface area contributed by atoms with E-state index in [1.807, 2.05) is 42.2 Å². The largest absolute Gasteiger partial charge is 0.421 e. The summed E-state index contributed by atoms with van der Waals surface area (Å²) in [6.45, 7) is 6.03. The second-order valence-electron chi connectivity index (χ2n) is 6.67. The van der Waals surface area contributed by atoms with Gasteiger partial charge in [-0.2, -0.15) is 0 Å². The number of likely N-dealkylation sites (tertiary alicyclic amines) is 1. The first-order valence-electron chi connectivity index (χ1n) is 9.59. The van der Waals surface area contributed by atoms with Crippen LogP contribution in [-0.4, -0.2) is 42.3 Å². The number of rotatable bonds is 8. The zero-order valence-electron chi connectivity index (χ0n) is 15.9. The molecule has 1 aliphatic heterocycles. The number of benzene rings is 1. The summed E-state index contributed by atoms with van der Waals surface area (Å²) in [5, 5.41) is 0. The average molecular weight is 379 g/mol. The van der Waals surface area contributed by atoms with Crippen LogP contribution in [-0.2, 0) is 8.98 Å². The molecule has 1 aromatic rings. The highest BCUT2D eigenvalue weighted by molar-refractivity contribution is 7.95. The van der Waals surface area contributed by atoms with Crippen LogP contribution in [0.2, 0.25) is 0 Å². The van der Waals surface area contributed by atoms with Crippen LogP contribution in [0, 0.1) is 5.92 Å². The van der Waals surface area contributed by atoms with E-state index < -0.39 is 0 Å². The Bertz CT molecular complexity index is 567. The van der Waals surface area contributed by atoms with E-state index >= 15 is 0 Å². The minimum atomic E-state index is -0.246. The standard InChI is InChI=1S/C20H30N2O3S/c1-3-5-14-26-25-20(24)21-13-9-10-17(15-21)16-22(19(23)4-2)18-11-7-6-8-12-18/h6-8,11-12,17H,3-5,9-10,13-16H2,1-2H3/t17-/m0/s1. The van der Waals surface area contributed by atoms with Crippen molar-refractivity contribution in [3.05, 3.63) is 30.3 Å². The molecule has 2 amide bonds. The van der Waals surface area contributed by atoms with Crippen molar-refractivity contribution in [2.45, 2.75) is 46.0 Å². The monoisotopic (exact) mass is 378 g/mol. The molecule has 0 spiro atoms. The third-order valence-corrected chi connectivity index (χ3v) is 5.32. The highest BCUT2D eigenvalue weighted by Gasteiger charge is 2.28. The molecule has 0 unspecified atom stereocenters. The summed E-state index contributed by atoms with van der Waals surface area (Å²) in [6, 6.07) is 9.78. The Morgan fingerprint density at radius 2 is 2.04 bits per heavy atom. The summed E-state index contributed by atoms with van der Waals surface area (Å²) in [6.07, 6.45) is 4.34. The van der Waals surface area contributed by atoms with Gasteiger partial charge in [0, 0.05) is 37.5 Å². The lowest BCUT2D eigenvalue weighted by Crippen LogP contribution is -2.45. The van der Waals surface area contributed by atoms with Gasteiger partial charge < -0.3 is 14.0 Å². The van der Waals surface area contributed by atoms with E-state index in [-0.39, 0.29) is 17.9 Å². The van der Waals surface area contributed by atoms with Crippen LogP contribution < -0.4 is 4.90 Å². The minimum absolute atomic E-state index is 0.117. The smallest absolute Gasteiger partial charge is 0.375 e. The first-order valence-corrected chi connectivity index (χ1v) is 10.5. The number of piperidine rings is 1. The molecule has 26 heavy (non-hydrogen) atoms. The predicted octanol–water partition coefficient (Wildman–Crippen LogP) is 4.73. The van der Waals surface area contributed by atoms with E-state index in [9.17, 15) is 9.59 Å². The minimum Gasteiger partial charge on any atom is -0.375 e. The van der Waals surface area contributed by atoms with Crippen LogP contribution in [0.25, 0.3) is 0 Å². The molecule has 0 aliphatic carbocycles.